The van der Waals surface area contributed by atoms with Crippen LogP contribution in [-0.4, -0.2) is 49.0 Å². The standard InChI is InChI=1S/C22H25N3O6S/c1-5-25(6-2)32(27,28)18-12-7-15(3)19(13-18)22(26)30-14-20-23-21(31-24-20)16-8-10-17(29-4)11-9-16/h7-13H,5-6,14H2,1-4H3. The summed E-state index contributed by atoms with van der Waals surface area (Å²) in [6.07, 6.45) is 0. The second-order valence-electron chi connectivity index (χ2n) is 6.89. The highest BCUT2D eigenvalue weighted by atomic mass is 32.2. The molecule has 0 saturated carbocycles. The third kappa shape index (κ3) is 4.97. The minimum atomic E-state index is -3.70. The Hall–Kier alpha value is -3.24. The number of hydrogen-bond donors (Lipinski definition) is 0. The normalized spacial score (nSPS) is 11.5. The number of esters is 1. The van der Waals surface area contributed by atoms with Gasteiger partial charge in [0.2, 0.25) is 15.8 Å². The van der Waals surface area contributed by atoms with Gasteiger partial charge >= 0.3 is 5.97 Å². The van der Waals surface area contributed by atoms with Crippen LogP contribution in [-0.2, 0) is 21.4 Å². The molecule has 0 aliphatic rings. The van der Waals surface area contributed by atoms with Crippen LogP contribution >= 0.6 is 0 Å². The van der Waals surface area contributed by atoms with Crippen molar-refractivity contribution in [3.63, 3.8) is 0 Å². The lowest BCUT2D eigenvalue weighted by Crippen LogP contribution is -2.30. The number of carbonyl (C=O) groups is 1. The molecular weight excluding hydrogens is 434 g/mol. The molecule has 0 spiro atoms. The maximum Gasteiger partial charge on any atom is 0.338 e. The van der Waals surface area contributed by atoms with E-state index < -0.39 is 16.0 Å². The first-order valence-electron chi connectivity index (χ1n) is 10.0. The number of aryl methyl sites for hydroxylation is 1. The van der Waals surface area contributed by atoms with Crippen molar-refractivity contribution in [3.05, 3.63) is 59.4 Å². The third-order valence-electron chi connectivity index (χ3n) is 4.91. The maximum absolute atomic E-state index is 12.8. The van der Waals surface area contributed by atoms with E-state index in [-0.39, 0.29) is 28.8 Å². The molecule has 1 heterocycles. The summed E-state index contributed by atoms with van der Waals surface area (Å²) in [6.45, 7) is 5.68. The molecule has 10 heteroatoms. The van der Waals surface area contributed by atoms with Crippen molar-refractivity contribution in [3.8, 4) is 17.2 Å². The Balaban J connectivity index is 1.73. The fraction of sp³-hybridized carbons (Fsp3) is 0.318. The van der Waals surface area contributed by atoms with Crippen LogP contribution < -0.4 is 4.74 Å². The lowest BCUT2D eigenvalue weighted by Gasteiger charge is -2.19. The number of aromatic nitrogens is 2. The number of methoxy groups -OCH3 is 1. The predicted octanol–water partition coefficient (Wildman–Crippen LogP) is 3.44. The van der Waals surface area contributed by atoms with Gasteiger partial charge in [-0.15, -0.1) is 0 Å². The number of rotatable bonds is 9. The van der Waals surface area contributed by atoms with Crippen molar-refractivity contribution in [2.75, 3.05) is 20.2 Å². The molecule has 0 unspecified atom stereocenters. The molecule has 1 aromatic heterocycles. The Bertz CT molecular complexity index is 1180. The lowest BCUT2D eigenvalue weighted by molar-refractivity contribution is 0.0458. The summed E-state index contributed by atoms with van der Waals surface area (Å²) < 4.78 is 42.5. The quantitative estimate of drug-likeness (QED) is 0.447. The predicted molar refractivity (Wildman–Crippen MR) is 117 cm³/mol. The minimum absolute atomic E-state index is 0.0418. The maximum atomic E-state index is 12.8. The van der Waals surface area contributed by atoms with E-state index >= 15 is 0 Å². The highest BCUT2D eigenvalue weighted by molar-refractivity contribution is 7.89. The van der Waals surface area contributed by atoms with Gasteiger partial charge in [-0.2, -0.15) is 9.29 Å². The van der Waals surface area contributed by atoms with Gasteiger partial charge in [0, 0.05) is 18.7 Å². The van der Waals surface area contributed by atoms with Crippen molar-refractivity contribution in [1.29, 1.82) is 0 Å². The van der Waals surface area contributed by atoms with Crippen LogP contribution in [0.25, 0.3) is 11.5 Å². The zero-order chi connectivity index (χ0) is 23.3. The van der Waals surface area contributed by atoms with Gasteiger partial charge in [-0.1, -0.05) is 25.1 Å². The minimum Gasteiger partial charge on any atom is -0.497 e. The molecule has 32 heavy (non-hydrogen) atoms. The van der Waals surface area contributed by atoms with Gasteiger partial charge in [-0.25, -0.2) is 13.2 Å². The first-order chi connectivity index (χ1) is 15.3. The zero-order valence-corrected chi connectivity index (χ0v) is 19.2. The number of nitrogens with zero attached hydrogens (tertiary/aromatic N) is 3. The summed E-state index contributed by atoms with van der Waals surface area (Å²) >= 11 is 0. The fourth-order valence-electron chi connectivity index (χ4n) is 3.07. The van der Waals surface area contributed by atoms with Gasteiger partial charge < -0.3 is 14.0 Å². The summed E-state index contributed by atoms with van der Waals surface area (Å²) in [5.41, 5.74) is 1.46. The van der Waals surface area contributed by atoms with E-state index in [9.17, 15) is 13.2 Å². The van der Waals surface area contributed by atoms with Crippen molar-refractivity contribution in [2.24, 2.45) is 0 Å². The average molecular weight is 460 g/mol. The Labute approximate surface area is 187 Å². The van der Waals surface area contributed by atoms with Crippen LogP contribution in [0, 0.1) is 6.92 Å². The molecule has 0 saturated heterocycles. The molecule has 3 aromatic rings. The van der Waals surface area contributed by atoms with Crippen LogP contribution in [0.4, 0.5) is 0 Å². The molecular formula is C22H25N3O6S. The first-order valence-corrected chi connectivity index (χ1v) is 11.5. The van der Waals surface area contributed by atoms with Gasteiger partial charge in [0.1, 0.15) is 5.75 Å². The second kappa shape index (κ2) is 9.92. The molecule has 9 nitrogen and oxygen atoms in total. The van der Waals surface area contributed by atoms with Gasteiger partial charge in [0.15, 0.2) is 6.61 Å². The third-order valence-corrected chi connectivity index (χ3v) is 6.96. The second-order valence-corrected chi connectivity index (χ2v) is 8.82. The molecule has 0 aliphatic heterocycles. The van der Waals surface area contributed by atoms with E-state index in [0.29, 0.717) is 30.0 Å². The molecule has 0 N–H and O–H groups in total. The topological polar surface area (TPSA) is 112 Å². The SMILES string of the molecule is CCN(CC)S(=O)(=O)c1ccc(C)c(C(=O)OCc2noc(-c3ccc(OC)cc3)n2)c1. The highest BCUT2D eigenvalue weighted by Gasteiger charge is 2.24. The van der Waals surface area contributed by atoms with E-state index in [1.807, 2.05) is 0 Å². The summed E-state index contributed by atoms with van der Waals surface area (Å²) in [5.74, 6) is 0.494. The number of sulfonamides is 1. The van der Waals surface area contributed by atoms with Gasteiger partial charge in [-0.05, 0) is 48.9 Å². The highest BCUT2D eigenvalue weighted by Crippen LogP contribution is 2.22. The Morgan fingerprint density at radius 2 is 1.78 bits per heavy atom. The van der Waals surface area contributed by atoms with Gasteiger partial charge in [-0.3, -0.25) is 0 Å². The van der Waals surface area contributed by atoms with Gasteiger partial charge in [0.05, 0.1) is 17.6 Å². The monoisotopic (exact) mass is 459 g/mol. The zero-order valence-electron chi connectivity index (χ0n) is 18.4. The molecule has 170 valence electrons. The summed E-state index contributed by atoms with van der Waals surface area (Å²) in [7, 11) is -2.12. The van der Waals surface area contributed by atoms with Crippen LogP contribution in [0.3, 0.4) is 0 Å². The molecule has 0 radical (unpaired) electrons. The van der Waals surface area contributed by atoms with Crippen molar-refractivity contribution >= 4 is 16.0 Å². The number of benzene rings is 2. The molecule has 0 atom stereocenters. The van der Waals surface area contributed by atoms with Gasteiger partial charge in [0.25, 0.3) is 5.89 Å². The molecule has 0 amide bonds. The molecule has 0 bridgehead atoms. The molecule has 0 aliphatic carbocycles. The van der Waals surface area contributed by atoms with Crippen LogP contribution in [0.1, 0.15) is 35.6 Å². The van der Waals surface area contributed by atoms with E-state index in [0.717, 1.165) is 0 Å². The smallest absolute Gasteiger partial charge is 0.338 e. The lowest BCUT2D eigenvalue weighted by atomic mass is 10.1. The molecule has 0 fully saturated rings. The average Bonchev–Trinajstić information content (AvgIpc) is 3.27. The summed E-state index contributed by atoms with van der Waals surface area (Å²) in [6, 6.07) is 11.5. The molecule has 3 rings (SSSR count). The Kier molecular flexibility index (Phi) is 7.26. The van der Waals surface area contributed by atoms with E-state index in [2.05, 4.69) is 10.1 Å². The van der Waals surface area contributed by atoms with Crippen LogP contribution in [0.5, 0.6) is 5.75 Å². The van der Waals surface area contributed by atoms with Crippen LogP contribution in [0.15, 0.2) is 51.9 Å². The Morgan fingerprint density at radius 3 is 2.41 bits per heavy atom. The van der Waals surface area contributed by atoms with Crippen molar-refractivity contribution in [2.45, 2.75) is 32.3 Å². The van der Waals surface area contributed by atoms with E-state index in [1.54, 1.807) is 58.2 Å². The van der Waals surface area contributed by atoms with E-state index in [1.165, 1.54) is 16.4 Å². The first kappa shape index (κ1) is 23.4. The van der Waals surface area contributed by atoms with Crippen LogP contribution in [0.2, 0.25) is 0 Å². The summed E-state index contributed by atoms with van der Waals surface area (Å²) in [4.78, 5) is 16.9. The fourth-order valence-corrected chi connectivity index (χ4v) is 4.55. The number of hydrogen-bond acceptors (Lipinski definition) is 8. The van der Waals surface area contributed by atoms with Crippen molar-refractivity contribution in [1.82, 2.24) is 14.4 Å². The van der Waals surface area contributed by atoms with Crippen molar-refractivity contribution < 1.29 is 27.2 Å². The largest absolute Gasteiger partial charge is 0.497 e. The number of carbonyl (C=O) groups excluding carboxylic acids is 1. The molecule has 2 aromatic carbocycles. The summed E-state index contributed by atoms with van der Waals surface area (Å²) in [5, 5.41) is 3.83. The van der Waals surface area contributed by atoms with E-state index in [4.69, 9.17) is 14.0 Å². The number of ether oxygens (including phenoxy) is 2. The Morgan fingerprint density at radius 1 is 1.09 bits per heavy atom.